The molecule has 0 radical (unpaired) electrons. The second-order valence-electron chi connectivity index (χ2n) is 5.59. The lowest BCUT2D eigenvalue weighted by Gasteiger charge is -2.37. The summed E-state index contributed by atoms with van der Waals surface area (Å²) in [4.78, 5) is 30.9. The van der Waals surface area contributed by atoms with Gasteiger partial charge in [0.05, 0.1) is 6.54 Å². The van der Waals surface area contributed by atoms with Gasteiger partial charge in [0.2, 0.25) is 11.8 Å². The van der Waals surface area contributed by atoms with Crippen LogP contribution in [0.15, 0.2) is 11.6 Å². The van der Waals surface area contributed by atoms with Crippen LogP contribution >= 0.6 is 11.3 Å². The average molecular weight is 293 g/mol. The molecule has 1 aromatic rings. The first kappa shape index (κ1) is 13.5. The molecule has 5 nitrogen and oxygen atoms in total. The molecule has 20 heavy (non-hydrogen) atoms. The van der Waals surface area contributed by atoms with Crippen molar-refractivity contribution in [3.8, 4) is 0 Å². The molecular formula is C14H19N3O2S. The van der Waals surface area contributed by atoms with Crippen molar-refractivity contribution in [1.29, 1.82) is 0 Å². The summed E-state index contributed by atoms with van der Waals surface area (Å²) in [6.45, 7) is 1.01. The third-order valence-corrected chi connectivity index (χ3v) is 4.97. The molecular weight excluding hydrogens is 274 g/mol. The molecule has 1 aliphatic heterocycles. The van der Waals surface area contributed by atoms with Gasteiger partial charge in [-0.1, -0.05) is 19.3 Å². The largest absolute Gasteiger partial charge is 0.342 e. The SMILES string of the molecule is O=C1CCN(Cc2nccs2)C(=O)C2(CCCCC2)N1. The highest BCUT2D eigenvalue weighted by Crippen LogP contribution is 2.32. The third kappa shape index (κ3) is 2.57. The Hall–Kier alpha value is -1.43. The molecule has 1 aromatic heterocycles. The van der Waals surface area contributed by atoms with E-state index in [4.69, 9.17) is 0 Å². The van der Waals surface area contributed by atoms with E-state index in [0.717, 1.165) is 37.1 Å². The molecule has 1 aliphatic carbocycles. The van der Waals surface area contributed by atoms with Crippen LogP contribution in [-0.2, 0) is 16.1 Å². The van der Waals surface area contributed by atoms with Gasteiger partial charge in [-0.2, -0.15) is 0 Å². The van der Waals surface area contributed by atoms with Crippen molar-refractivity contribution in [3.05, 3.63) is 16.6 Å². The van der Waals surface area contributed by atoms with Crippen LogP contribution in [0.3, 0.4) is 0 Å². The van der Waals surface area contributed by atoms with E-state index in [0.29, 0.717) is 19.5 Å². The second kappa shape index (κ2) is 5.52. The molecule has 0 bridgehead atoms. The molecule has 108 valence electrons. The summed E-state index contributed by atoms with van der Waals surface area (Å²) in [7, 11) is 0. The van der Waals surface area contributed by atoms with Gasteiger partial charge in [0.1, 0.15) is 10.5 Å². The van der Waals surface area contributed by atoms with Crippen molar-refractivity contribution >= 4 is 23.2 Å². The molecule has 0 aromatic carbocycles. The van der Waals surface area contributed by atoms with Crippen molar-refractivity contribution < 1.29 is 9.59 Å². The maximum Gasteiger partial charge on any atom is 0.248 e. The smallest absolute Gasteiger partial charge is 0.248 e. The summed E-state index contributed by atoms with van der Waals surface area (Å²) >= 11 is 1.55. The van der Waals surface area contributed by atoms with Gasteiger partial charge in [-0.3, -0.25) is 9.59 Å². The molecule has 0 atom stereocenters. The highest BCUT2D eigenvalue weighted by Gasteiger charge is 2.45. The van der Waals surface area contributed by atoms with E-state index in [2.05, 4.69) is 10.3 Å². The first-order chi connectivity index (χ1) is 9.70. The van der Waals surface area contributed by atoms with E-state index in [-0.39, 0.29) is 11.8 Å². The van der Waals surface area contributed by atoms with Gasteiger partial charge in [0, 0.05) is 24.5 Å². The van der Waals surface area contributed by atoms with E-state index >= 15 is 0 Å². The number of amides is 2. The fourth-order valence-electron chi connectivity index (χ4n) is 3.16. The summed E-state index contributed by atoms with van der Waals surface area (Å²) in [5.41, 5.74) is -0.650. The van der Waals surface area contributed by atoms with Crippen molar-refractivity contribution in [1.82, 2.24) is 15.2 Å². The average Bonchev–Trinajstić information content (AvgIpc) is 2.93. The van der Waals surface area contributed by atoms with Gasteiger partial charge < -0.3 is 10.2 Å². The van der Waals surface area contributed by atoms with E-state index < -0.39 is 5.54 Å². The minimum absolute atomic E-state index is 0.00175. The van der Waals surface area contributed by atoms with E-state index in [1.165, 1.54) is 0 Å². The lowest BCUT2D eigenvalue weighted by atomic mass is 9.80. The predicted molar refractivity (Wildman–Crippen MR) is 76.1 cm³/mol. The number of rotatable bonds is 2. The van der Waals surface area contributed by atoms with Crippen LogP contribution in [0.5, 0.6) is 0 Å². The monoisotopic (exact) mass is 293 g/mol. The van der Waals surface area contributed by atoms with Crippen molar-refractivity contribution in [2.75, 3.05) is 6.54 Å². The molecule has 2 amide bonds. The van der Waals surface area contributed by atoms with E-state index in [9.17, 15) is 9.59 Å². The predicted octanol–water partition coefficient (Wildman–Crippen LogP) is 1.69. The fourth-order valence-corrected chi connectivity index (χ4v) is 3.79. The zero-order chi connectivity index (χ0) is 14.0. The number of carbonyl (C=O) groups is 2. The normalized spacial score (nSPS) is 22.7. The standard InChI is InChI=1S/C14H19N3O2S/c18-11-4-8-17(10-12-15-7-9-20-12)13(19)14(16-11)5-2-1-3-6-14/h7,9H,1-6,8,10H2,(H,16,18). The van der Waals surface area contributed by atoms with Gasteiger partial charge in [-0.25, -0.2) is 4.98 Å². The maximum atomic E-state index is 12.9. The third-order valence-electron chi connectivity index (χ3n) is 4.20. The van der Waals surface area contributed by atoms with Crippen molar-refractivity contribution in [3.63, 3.8) is 0 Å². The molecule has 1 spiro atoms. The molecule has 2 aliphatic rings. The Kier molecular flexibility index (Phi) is 3.74. The lowest BCUT2D eigenvalue weighted by molar-refractivity contribution is -0.140. The lowest BCUT2D eigenvalue weighted by Crippen LogP contribution is -2.57. The van der Waals surface area contributed by atoms with Crippen LogP contribution in [0.1, 0.15) is 43.5 Å². The minimum atomic E-state index is -0.650. The summed E-state index contributed by atoms with van der Waals surface area (Å²) in [5.74, 6) is 0.0835. The van der Waals surface area contributed by atoms with Crippen molar-refractivity contribution in [2.45, 2.75) is 50.6 Å². The molecule has 3 rings (SSSR count). The van der Waals surface area contributed by atoms with Gasteiger partial charge in [-0.05, 0) is 12.8 Å². The number of carbonyl (C=O) groups excluding carboxylic acids is 2. The van der Waals surface area contributed by atoms with Gasteiger partial charge in [0.15, 0.2) is 0 Å². The van der Waals surface area contributed by atoms with Crippen LogP contribution < -0.4 is 5.32 Å². The van der Waals surface area contributed by atoms with Crippen LogP contribution in [0.4, 0.5) is 0 Å². The van der Waals surface area contributed by atoms with Crippen LogP contribution in [0.25, 0.3) is 0 Å². The summed E-state index contributed by atoms with van der Waals surface area (Å²) < 4.78 is 0. The summed E-state index contributed by atoms with van der Waals surface area (Å²) in [6, 6.07) is 0. The van der Waals surface area contributed by atoms with E-state index in [1.807, 2.05) is 10.3 Å². The topological polar surface area (TPSA) is 62.3 Å². The van der Waals surface area contributed by atoms with Gasteiger partial charge in [0.25, 0.3) is 0 Å². The molecule has 2 heterocycles. The van der Waals surface area contributed by atoms with Crippen LogP contribution in [0.2, 0.25) is 0 Å². The Morgan fingerprint density at radius 1 is 1.30 bits per heavy atom. The number of thiazole rings is 1. The number of nitrogens with zero attached hydrogens (tertiary/aromatic N) is 2. The Bertz CT molecular complexity index is 495. The molecule has 6 heteroatoms. The number of hydrogen-bond acceptors (Lipinski definition) is 4. The molecule has 1 N–H and O–H groups in total. The Labute approximate surface area is 122 Å². The van der Waals surface area contributed by atoms with Crippen LogP contribution in [0, 0.1) is 0 Å². The molecule has 1 saturated carbocycles. The molecule has 2 fully saturated rings. The fraction of sp³-hybridized carbons (Fsp3) is 0.643. The summed E-state index contributed by atoms with van der Waals surface area (Å²) in [6.07, 6.45) is 6.85. The Balaban J connectivity index is 1.83. The second-order valence-corrected chi connectivity index (χ2v) is 6.57. The zero-order valence-electron chi connectivity index (χ0n) is 11.4. The van der Waals surface area contributed by atoms with E-state index in [1.54, 1.807) is 17.5 Å². The Morgan fingerprint density at radius 2 is 2.10 bits per heavy atom. The zero-order valence-corrected chi connectivity index (χ0v) is 12.2. The minimum Gasteiger partial charge on any atom is -0.342 e. The number of hydrogen-bond donors (Lipinski definition) is 1. The number of nitrogens with one attached hydrogen (secondary N) is 1. The highest BCUT2D eigenvalue weighted by molar-refractivity contribution is 7.09. The van der Waals surface area contributed by atoms with Gasteiger partial charge >= 0.3 is 0 Å². The quantitative estimate of drug-likeness (QED) is 0.902. The summed E-state index contributed by atoms with van der Waals surface area (Å²) in [5, 5.41) is 5.85. The van der Waals surface area contributed by atoms with Crippen molar-refractivity contribution in [2.24, 2.45) is 0 Å². The highest BCUT2D eigenvalue weighted by atomic mass is 32.1. The molecule has 0 unspecified atom stereocenters. The molecule has 1 saturated heterocycles. The number of aromatic nitrogens is 1. The first-order valence-electron chi connectivity index (χ1n) is 7.18. The van der Waals surface area contributed by atoms with Crippen LogP contribution in [-0.4, -0.2) is 33.8 Å². The Morgan fingerprint density at radius 3 is 2.80 bits per heavy atom. The first-order valence-corrected chi connectivity index (χ1v) is 8.06. The van der Waals surface area contributed by atoms with Gasteiger partial charge in [-0.15, -0.1) is 11.3 Å². The maximum absolute atomic E-state index is 12.9.